The molecule has 222 valence electrons. The zero-order valence-corrected chi connectivity index (χ0v) is 24.1. The third kappa shape index (κ3) is 4.96. The van der Waals surface area contributed by atoms with Gasteiger partial charge in [-0.1, -0.05) is 30.7 Å². The van der Waals surface area contributed by atoms with Gasteiger partial charge >= 0.3 is 0 Å². The number of carbonyl (C=O) groups is 1. The molecule has 0 saturated carbocycles. The maximum Gasteiger partial charge on any atom is 0.297 e. The van der Waals surface area contributed by atoms with Crippen molar-refractivity contribution in [2.24, 2.45) is 5.92 Å². The quantitative estimate of drug-likeness (QED) is 0.271. The Kier molecular flexibility index (Phi) is 7.08. The third-order valence-corrected chi connectivity index (χ3v) is 10.1. The van der Waals surface area contributed by atoms with Crippen LogP contribution in [0.1, 0.15) is 44.5 Å². The van der Waals surface area contributed by atoms with E-state index in [9.17, 15) is 22.0 Å². The Balaban J connectivity index is 1.38. The first-order chi connectivity index (χ1) is 19.9. The number of halogens is 4. The molecule has 6 rings (SSSR count). The van der Waals surface area contributed by atoms with Crippen LogP contribution in [0.2, 0.25) is 5.02 Å². The highest BCUT2D eigenvalue weighted by atomic mass is 35.5. The molecule has 4 atom stereocenters. The van der Waals surface area contributed by atoms with Gasteiger partial charge in [0.1, 0.15) is 22.9 Å². The molecular weight excluding hydrogens is 597 g/mol. The number of pyridine rings is 1. The molecule has 0 N–H and O–H groups in total. The fourth-order valence-electron chi connectivity index (χ4n) is 5.91. The molecule has 2 fully saturated rings. The molecule has 2 saturated heterocycles. The van der Waals surface area contributed by atoms with Gasteiger partial charge in [-0.15, -0.1) is 0 Å². The van der Waals surface area contributed by atoms with Crippen LogP contribution in [0.4, 0.5) is 19.0 Å². The Morgan fingerprint density at radius 3 is 2.74 bits per heavy atom. The zero-order valence-electron chi connectivity index (χ0n) is 22.6. The number of nitrogens with zero attached hydrogens (tertiary/aromatic N) is 4. The van der Waals surface area contributed by atoms with E-state index >= 15 is 4.39 Å². The summed E-state index contributed by atoms with van der Waals surface area (Å²) < 4.78 is 80.8. The van der Waals surface area contributed by atoms with Gasteiger partial charge in [-0.05, 0) is 25.1 Å². The number of hydrogen-bond acceptors (Lipinski definition) is 9. The average molecular weight is 623 g/mol. The molecule has 5 heterocycles. The number of para-hydroxylation sites is 1. The summed E-state index contributed by atoms with van der Waals surface area (Å²) in [5.41, 5.74) is -1.28. The number of ether oxygens (including phenoxy) is 1. The number of fused-ring (bicyclic) bond motifs is 3. The summed E-state index contributed by atoms with van der Waals surface area (Å²) in [5.74, 6) is -2.59. The van der Waals surface area contributed by atoms with Gasteiger partial charge in [0.15, 0.2) is 32.8 Å². The topological polar surface area (TPSA) is 115 Å². The molecule has 2 aliphatic heterocycles. The lowest BCUT2D eigenvalue weighted by molar-refractivity contribution is -0.118. The molecule has 2 aliphatic rings. The Labute approximate surface area is 243 Å². The first-order valence-corrected chi connectivity index (χ1v) is 15.5. The highest BCUT2D eigenvalue weighted by Gasteiger charge is 2.48. The van der Waals surface area contributed by atoms with E-state index in [2.05, 4.69) is 15.0 Å². The first-order valence-electron chi connectivity index (χ1n) is 13.3. The number of ketones is 1. The third-order valence-electron chi connectivity index (χ3n) is 8.02. The molecule has 3 aromatic heterocycles. The van der Waals surface area contributed by atoms with E-state index in [-0.39, 0.29) is 70.1 Å². The number of Topliss-reactive ketones (excluding diaryl/α,β-unsaturated/α-hetero) is 1. The summed E-state index contributed by atoms with van der Waals surface area (Å²) in [6, 6.07) is 7.41. The van der Waals surface area contributed by atoms with Crippen molar-refractivity contribution in [2.45, 2.75) is 50.9 Å². The van der Waals surface area contributed by atoms with Crippen LogP contribution >= 0.6 is 11.6 Å². The molecule has 14 heteroatoms. The van der Waals surface area contributed by atoms with Crippen molar-refractivity contribution in [2.75, 3.05) is 23.0 Å². The van der Waals surface area contributed by atoms with Crippen molar-refractivity contribution in [3.05, 3.63) is 52.9 Å². The lowest BCUT2D eigenvalue weighted by Crippen LogP contribution is -2.41. The zero-order chi connectivity index (χ0) is 30.0. The van der Waals surface area contributed by atoms with Crippen LogP contribution in [-0.2, 0) is 20.3 Å². The van der Waals surface area contributed by atoms with Crippen molar-refractivity contribution in [1.82, 2.24) is 15.0 Å². The number of anilines is 1. The second-order valence-electron chi connectivity index (χ2n) is 10.9. The van der Waals surface area contributed by atoms with Crippen LogP contribution < -0.4 is 9.64 Å². The lowest BCUT2D eigenvalue weighted by atomic mass is 9.83. The predicted molar refractivity (Wildman–Crippen MR) is 150 cm³/mol. The Hall–Kier alpha value is -3.45. The summed E-state index contributed by atoms with van der Waals surface area (Å²) in [5, 5.41) is 0.675. The van der Waals surface area contributed by atoms with Gasteiger partial charge < -0.3 is 14.1 Å². The van der Waals surface area contributed by atoms with Crippen molar-refractivity contribution >= 4 is 55.1 Å². The van der Waals surface area contributed by atoms with E-state index in [1.165, 1.54) is 26.1 Å². The number of alkyl halides is 3. The van der Waals surface area contributed by atoms with Gasteiger partial charge in [0.05, 0.1) is 34.7 Å². The summed E-state index contributed by atoms with van der Waals surface area (Å²) in [6.45, 7) is 2.90. The van der Waals surface area contributed by atoms with Crippen LogP contribution in [-0.4, -0.2) is 59.3 Å². The van der Waals surface area contributed by atoms with Gasteiger partial charge in [-0.3, -0.25) is 4.79 Å². The van der Waals surface area contributed by atoms with Crippen LogP contribution in [0.15, 0.2) is 40.9 Å². The minimum Gasteiger partial charge on any atom is -0.472 e. The standard InChI is InChI=1S/C28H26ClF3N4O5S/c1-14-13-42(38,39)8-7-28(14,32)19-9-16(29)11-33-27(19)40-17-10-20(15(2)37)36(12-17)26-23-22(34-25(35-26)24(30)31)18-5-3-4-6-21(18)41-23/h3-6,9,11,14,17,20,24H,7-8,10,12-13H2,1-2H3/t14-,17-,20-,28-/m0/s1. The van der Waals surface area contributed by atoms with Gasteiger partial charge in [0.25, 0.3) is 6.43 Å². The molecule has 42 heavy (non-hydrogen) atoms. The molecule has 0 amide bonds. The summed E-state index contributed by atoms with van der Waals surface area (Å²) in [4.78, 5) is 26.7. The van der Waals surface area contributed by atoms with Crippen LogP contribution in [0.3, 0.4) is 0 Å². The van der Waals surface area contributed by atoms with E-state index in [1.807, 2.05) is 0 Å². The number of furan rings is 1. The molecule has 0 bridgehead atoms. The van der Waals surface area contributed by atoms with Gasteiger partial charge in [-0.2, -0.15) is 0 Å². The molecule has 0 spiro atoms. The fourth-order valence-corrected chi connectivity index (χ4v) is 7.87. The number of rotatable bonds is 6. The average Bonchev–Trinajstić information content (AvgIpc) is 3.53. The number of hydrogen-bond donors (Lipinski definition) is 0. The van der Waals surface area contributed by atoms with Gasteiger partial charge in [-0.25, -0.2) is 36.5 Å². The van der Waals surface area contributed by atoms with Crippen molar-refractivity contribution in [1.29, 1.82) is 0 Å². The predicted octanol–water partition coefficient (Wildman–Crippen LogP) is 5.60. The molecular formula is C28H26ClF3N4O5S. The van der Waals surface area contributed by atoms with Crippen molar-refractivity contribution in [3.63, 3.8) is 0 Å². The van der Waals surface area contributed by atoms with Gasteiger partial charge in [0, 0.05) is 30.3 Å². The van der Waals surface area contributed by atoms with E-state index in [0.717, 1.165) is 0 Å². The second kappa shape index (κ2) is 10.4. The number of sulfone groups is 1. The van der Waals surface area contributed by atoms with E-state index in [4.69, 9.17) is 20.8 Å². The Morgan fingerprint density at radius 2 is 2.02 bits per heavy atom. The SMILES string of the molecule is CC(=O)[C@@H]1C[C@H](Oc2ncc(Cl)cc2[C@]2(F)CCS(=O)(=O)C[C@@H]2C)CN1c1nc(C(F)F)nc2c1oc1ccccc12. The maximum absolute atomic E-state index is 16.5. The molecule has 1 aromatic carbocycles. The molecule has 4 aromatic rings. The summed E-state index contributed by atoms with van der Waals surface area (Å²) in [6.07, 6.45) is -2.58. The molecule has 0 aliphatic carbocycles. The smallest absolute Gasteiger partial charge is 0.297 e. The normalized spacial score (nSPS) is 25.9. The largest absolute Gasteiger partial charge is 0.472 e. The number of benzene rings is 1. The summed E-state index contributed by atoms with van der Waals surface area (Å²) in [7, 11) is -3.40. The van der Waals surface area contributed by atoms with E-state index < -0.39 is 45.8 Å². The molecule has 9 nitrogen and oxygen atoms in total. The van der Waals surface area contributed by atoms with Crippen LogP contribution in [0.25, 0.3) is 22.1 Å². The molecule has 0 unspecified atom stereocenters. The fraction of sp³-hybridized carbons (Fsp3) is 0.429. The van der Waals surface area contributed by atoms with Gasteiger partial charge in [0.2, 0.25) is 5.88 Å². The van der Waals surface area contributed by atoms with E-state index in [1.54, 1.807) is 29.2 Å². The highest BCUT2D eigenvalue weighted by Crippen LogP contribution is 2.46. The van der Waals surface area contributed by atoms with Crippen LogP contribution in [0, 0.1) is 5.92 Å². The minimum absolute atomic E-state index is 0.0169. The maximum atomic E-state index is 16.5. The summed E-state index contributed by atoms with van der Waals surface area (Å²) >= 11 is 6.17. The van der Waals surface area contributed by atoms with Crippen LogP contribution in [0.5, 0.6) is 5.88 Å². The Morgan fingerprint density at radius 1 is 1.26 bits per heavy atom. The minimum atomic E-state index is -3.40. The van der Waals surface area contributed by atoms with Crippen molar-refractivity contribution in [3.8, 4) is 5.88 Å². The second-order valence-corrected chi connectivity index (χ2v) is 13.5. The monoisotopic (exact) mass is 622 g/mol. The Bertz CT molecular complexity index is 1820. The van der Waals surface area contributed by atoms with E-state index in [0.29, 0.717) is 11.0 Å². The van der Waals surface area contributed by atoms with Crippen molar-refractivity contribution < 1.29 is 35.5 Å². The highest BCUT2D eigenvalue weighted by molar-refractivity contribution is 7.91. The lowest BCUT2D eigenvalue weighted by Gasteiger charge is -2.36. The number of aromatic nitrogens is 3. The number of carbonyl (C=O) groups excluding carboxylic acids is 1. The molecule has 0 radical (unpaired) electrons. The first kappa shape index (κ1) is 28.7.